The Bertz CT molecular complexity index is 1020. The molecule has 0 unspecified atom stereocenters. The molecule has 0 saturated carbocycles. The number of nitrogens with one attached hydrogen (secondary N) is 1. The van der Waals surface area contributed by atoms with E-state index in [0.717, 1.165) is 39.4 Å². The molecule has 0 spiro atoms. The molecule has 0 amide bonds. The lowest BCUT2D eigenvalue weighted by atomic mass is 10.1. The number of halogens is 1. The number of hydrogen-bond donors (Lipinski definition) is 1. The van der Waals surface area contributed by atoms with Gasteiger partial charge in [-0.15, -0.1) is 0 Å². The second-order valence-electron chi connectivity index (χ2n) is 6.70. The predicted octanol–water partition coefficient (Wildman–Crippen LogP) is 3.55. The molecular weight excluding hydrogens is 329 g/mol. The second kappa shape index (κ2) is 6.05. The Morgan fingerprint density at radius 3 is 2.96 bits per heavy atom. The third kappa shape index (κ3) is 2.58. The molecule has 0 bridgehead atoms. The quantitative estimate of drug-likeness (QED) is 0.770. The number of aromatic nitrogens is 2. The number of rotatable bonds is 2. The molecule has 2 aromatic heterocycles. The molecular formula is C20H18FN5. The number of fused-ring (bicyclic) bond motifs is 2. The van der Waals surface area contributed by atoms with Crippen LogP contribution in [-0.4, -0.2) is 35.1 Å². The molecule has 1 fully saturated rings. The summed E-state index contributed by atoms with van der Waals surface area (Å²) < 4.78 is 13.6. The number of amidine groups is 1. The highest BCUT2D eigenvalue weighted by Gasteiger charge is 2.24. The zero-order valence-electron chi connectivity index (χ0n) is 14.2. The fraction of sp³-hybridized carbons (Fsp3) is 0.250. The summed E-state index contributed by atoms with van der Waals surface area (Å²) in [6.45, 7) is 1.80. The summed E-state index contributed by atoms with van der Waals surface area (Å²) in [7, 11) is 0. The zero-order chi connectivity index (χ0) is 17.5. The number of pyridine rings is 2. The largest absolute Gasteiger partial charge is 0.353 e. The van der Waals surface area contributed by atoms with Gasteiger partial charge in [-0.2, -0.15) is 0 Å². The van der Waals surface area contributed by atoms with Gasteiger partial charge in [0.05, 0.1) is 13.1 Å². The van der Waals surface area contributed by atoms with Crippen LogP contribution in [0, 0.1) is 0 Å². The number of alkyl halides is 1. The number of aliphatic imine (C=N–C) groups is 1. The Labute approximate surface area is 150 Å². The van der Waals surface area contributed by atoms with E-state index in [1.165, 1.54) is 0 Å². The Kier molecular flexibility index (Phi) is 3.55. The molecule has 2 aliphatic rings. The summed E-state index contributed by atoms with van der Waals surface area (Å²) in [5.74, 6) is 1.66. The van der Waals surface area contributed by atoms with Crippen LogP contribution in [0.3, 0.4) is 0 Å². The molecule has 130 valence electrons. The van der Waals surface area contributed by atoms with Crippen LogP contribution >= 0.6 is 0 Å². The number of hydrogen-bond acceptors (Lipinski definition) is 5. The van der Waals surface area contributed by atoms with E-state index in [1.54, 1.807) is 12.4 Å². The van der Waals surface area contributed by atoms with E-state index in [1.807, 2.05) is 35.2 Å². The maximum atomic E-state index is 13.6. The molecule has 2 aliphatic heterocycles. The molecule has 1 N–H and O–H groups in total. The first-order valence-corrected chi connectivity index (χ1v) is 8.81. The van der Waals surface area contributed by atoms with Gasteiger partial charge in [0.15, 0.2) is 5.84 Å². The number of benzene rings is 1. The van der Waals surface area contributed by atoms with Crippen LogP contribution in [0.15, 0.2) is 53.8 Å². The van der Waals surface area contributed by atoms with E-state index in [4.69, 9.17) is 0 Å². The third-order valence-electron chi connectivity index (χ3n) is 4.96. The SMILES string of the molecule is F[C@@H]1CCN(c2nccc3cc(NC4=NCc5cccnc54)ccc23)C1. The molecule has 6 heteroatoms. The number of anilines is 2. The summed E-state index contributed by atoms with van der Waals surface area (Å²) in [4.78, 5) is 15.5. The molecule has 26 heavy (non-hydrogen) atoms. The summed E-state index contributed by atoms with van der Waals surface area (Å²) in [6.07, 6.45) is 3.38. The average Bonchev–Trinajstić information content (AvgIpc) is 3.28. The number of nitrogens with zero attached hydrogens (tertiary/aromatic N) is 4. The maximum absolute atomic E-state index is 13.6. The Hall–Kier alpha value is -3.02. The summed E-state index contributed by atoms with van der Waals surface area (Å²) >= 11 is 0. The van der Waals surface area contributed by atoms with Gasteiger partial charge >= 0.3 is 0 Å². The fourth-order valence-electron chi connectivity index (χ4n) is 3.66. The van der Waals surface area contributed by atoms with Crippen LogP contribution in [0.2, 0.25) is 0 Å². The lowest BCUT2D eigenvalue weighted by Crippen LogP contribution is -2.21. The molecule has 5 rings (SSSR count). The van der Waals surface area contributed by atoms with E-state index < -0.39 is 6.17 Å². The van der Waals surface area contributed by atoms with Crippen LogP contribution in [0.4, 0.5) is 15.9 Å². The van der Waals surface area contributed by atoms with Crippen molar-refractivity contribution in [1.82, 2.24) is 9.97 Å². The van der Waals surface area contributed by atoms with Crippen molar-refractivity contribution in [3.63, 3.8) is 0 Å². The van der Waals surface area contributed by atoms with E-state index >= 15 is 0 Å². The van der Waals surface area contributed by atoms with Gasteiger partial charge in [0.1, 0.15) is 17.7 Å². The van der Waals surface area contributed by atoms with Crippen molar-refractivity contribution >= 4 is 28.1 Å². The lowest BCUT2D eigenvalue weighted by molar-refractivity contribution is 0.364. The third-order valence-corrected chi connectivity index (χ3v) is 4.96. The Morgan fingerprint density at radius 1 is 1.12 bits per heavy atom. The van der Waals surface area contributed by atoms with Crippen molar-refractivity contribution in [2.45, 2.75) is 19.1 Å². The molecule has 3 aromatic rings. The normalized spacial score (nSPS) is 18.9. The minimum Gasteiger partial charge on any atom is -0.353 e. The molecule has 1 aromatic carbocycles. The first kappa shape index (κ1) is 15.3. The minimum atomic E-state index is -0.763. The van der Waals surface area contributed by atoms with Gasteiger partial charge in [-0.1, -0.05) is 6.07 Å². The first-order valence-electron chi connectivity index (χ1n) is 8.81. The summed E-state index contributed by atoms with van der Waals surface area (Å²) in [5.41, 5.74) is 3.00. The van der Waals surface area contributed by atoms with Gasteiger partial charge in [-0.05, 0) is 42.1 Å². The van der Waals surface area contributed by atoms with Crippen molar-refractivity contribution < 1.29 is 4.39 Å². The highest BCUT2D eigenvalue weighted by atomic mass is 19.1. The van der Waals surface area contributed by atoms with Gasteiger partial charge in [-0.25, -0.2) is 9.37 Å². The summed E-state index contributed by atoms with van der Waals surface area (Å²) in [5, 5.41) is 5.49. The molecule has 1 saturated heterocycles. The van der Waals surface area contributed by atoms with Crippen LogP contribution in [0.1, 0.15) is 17.7 Å². The van der Waals surface area contributed by atoms with Crippen molar-refractivity contribution in [1.29, 1.82) is 0 Å². The van der Waals surface area contributed by atoms with Gasteiger partial charge < -0.3 is 10.2 Å². The predicted molar refractivity (Wildman–Crippen MR) is 102 cm³/mol. The highest BCUT2D eigenvalue weighted by molar-refractivity contribution is 6.10. The second-order valence-corrected chi connectivity index (χ2v) is 6.70. The van der Waals surface area contributed by atoms with E-state index in [0.29, 0.717) is 26.1 Å². The molecule has 4 heterocycles. The molecule has 1 atom stereocenters. The molecule has 5 nitrogen and oxygen atoms in total. The molecule has 0 radical (unpaired) electrons. The van der Waals surface area contributed by atoms with E-state index in [-0.39, 0.29) is 0 Å². The monoisotopic (exact) mass is 347 g/mol. The smallest absolute Gasteiger partial charge is 0.152 e. The highest BCUT2D eigenvalue weighted by Crippen LogP contribution is 2.30. The van der Waals surface area contributed by atoms with Crippen molar-refractivity contribution in [3.05, 3.63) is 60.0 Å². The van der Waals surface area contributed by atoms with Gasteiger partial charge in [0.25, 0.3) is 0 Å². The lowest BCUT2D eigenvalue weighted by Gasteiger charge is -2.18. The maximum Gasteiger partial charge on any atom is 0.152 e. The van der Waals surface area contributed by atoms with Crippen LogP contribution in [-0.2, 0) is 6.54 Å². The first-order chi connectivity index (χ1) is 12.8. The standard InChI is InChI=1S/C20H18FN5/c21-15-6-9-26(12-15)20-17-4-3-16(10-13(17)5-8-23-20)25-19-18-14(11-24-19)2-1-7-22-18/h1-5,7-8,10,15H,6,9,11-12H2,(H,24,25)/t15-/m1/s1. The summed E-state index contributed by atoms with van der Waals surface area (Å²) in [6, 6.07) is 12.1. The topological polar surface area (TPSA) is 53.4 Å². The van der Waals surface area contributed by atoms with Gasteiger partial charge in [0, 0.05) is 35.6 Å². The van der Waals surface area contributed by atoms with Gasteiger partial charge in [0.2, 0.25) is 0 Å². The van der Waals surface area contributed by atoms with Crippen LogP contribution in [0.5, 0.6) is 0 Å². The van der Waals surface area contributed by atoms with Crippen molar-refractivity contribution in [2.75, 3.05) is 23.3 Å². The van der Waals surface area contributed by atoms with Crippen molar-refractivity contribution in [2.24, 2.45) is 4.99 Å². The fourth-order valence-corrected chi connectivity index (χ4v) is 3.66. The van der Waals surface area contributed by atoms with Gasteiger partial charge in [-0.3, -0.25) is 9.98 Å². The minimum absolute atomic E-state index is 0.422. The average molecular weight is 347 g/mol. The molecule has 0 aliphatic carbocycles. The zero-order valence-corrected chi connectivity index (χ0v) is 14.2. The Balaban J connectivity index is 1.46. The van der Waals surface area contributed by atoms with Crippen LogP contribution in [0.25, 0.3) is 10.8 Å². The van der Waals surface area contributed by atoms with Crippen LogP contribution < -0.4 is 10.2 Å². The van der Waals surface area contributed by atoms with E-state index in [2.05, 4.69) is 26.3 Å². The van der Waals surface area contributed by atoms with E-state index in [9.17, 15) is 4.39 Å². The van der Waals surface area contributed by atoms with Crippen molar-refractivity contribution in [3.8, 4) is 0 Å². The Morgan fingerprint density at radius 2 is 2.08 bits per heavy atom.